The summed E-state index contributed by atoms with van der Waals surface area (Å²) >= 11 is 1.54. The Bertz CT molecular complexity index is 937. The molecule has 4 aromatic heterocycles. The summed E-state index contributed by atoms with van der Waals surface area (Å²) in [5.74, 6) is 3.05. The van der Waals surface area contributed by atoms with E-state index in [9.17, 15) is 0 Å². The molecule has 0 N–H and O–H groups in total. The van der Waals surface area contributed by atoms with Gasteiger partial charge in [-0.1, -0.05) is 30.3 Å². The van der Waals surface area contributed by atoms with E-state index in [4.69, 9.17) is 8.94 Å². The molecule has 0 spiro atoms. The Morgan fingerprint density at radius 2 is 2.17 bits per heavy atom. The largest absolute Gasteiger partial charge is 0.461 e. The molecule has 0 aliphatic carbocycles. The van der Waals surface area contributed by atoms with Crippen molar-refractivity contribution < 1.29 is 8.94 Å². The van der Waals surface area contributed by atoms with Crippen molar-refractivity contribution >= 4 is 16.3 Å². The minimum atomic E-state index is 0.465. The molecule has 0 aliphatic rings. The molecule has 4 aromatic rings. The van der Waals surface area contributed by atoms with Gasteiger partial charge in [0, 0.05) is 19.3 Å². The number of nitrogens with zero attached hydrogens (tertiary/aromatic N) is 6. The second kappa shape index (κ2) is 6.16. The second-order valence-corrected chi connectivity index (χ2v) is 6.93. The van der Waals surface area contributed by atoms with Crippen LogP contribution in [0.15, 0.2) is 27.3 Å². The summed E-state index contributed by atoms with van der Waals surface area (Å²) < 4.78 is 12.4. The van der Waals surface area contributed by atoms with Crippen molar-refractivity contribution in [3.63, 3.8) is 0 Å². The van der Waals surface area contributed by atoms with E-state index in [0.717, 1.165) is 28.6 Å². The van der Waals surface area contributed by atoms with Gasteiger partial charge in [-0.05, 0) is 18.1 Å². The maximum Gasteiger partial charge on any atom is 0.238 e. The van der Waals surface area contributed by atoms with Crippen LogP contribution in [0.2, 0.25) is 0 Å². The molecule has 9 heteroatoms. The van der Waals surface area contributed by atoms with Crippen LogP contribution in [0.25, 0.3) is 16.5 Å². The number of furan rings is 1. The fourth-order valence-electron chi connectivity index (χ4n) is 2.37. The van der Waals surface area contributed by atoms with E-state index < -0.39 is 0 Å². The topological polar surface area (TPSA) is 95.1 Å². The van der Waals surface area contributed by atoms with E-state index in [1.54, 1.807) is 18.4 Å². The summed E-state index contributed by atoms with van der Waals surface area (Å²) in [6.45, 7) is 4.31. The number of rotatable bonds is 6. The first-order valence-corrected chi connectivity index (χ1v) is 8.57. The van der Waals surface area contributed by atoms with Gasteiger partial charge in [-0.2, -0.15) is 14.6 Å². The molecule has 0 saturated heterocycles. The lowest BCUT2D eigenvalue weighted by Gasteiger charge is -1.99. The van der Waals surface area contributed by atoms with Gasteiger partial charge in [0.15, 0.2) is 11.6 Å². The van der Waals surface area contributed by atoms with Gasteiger partial charge in [0.2, 0.25) is 16.7 Å². The van der Waals surface area contributed by atoms with Gasteiger partial charge in [0.25, 0.3) is 0 Å². The van der Waals surface area contributed by atoms with E-state index >= 15 is 0 Å². The van der Waals surface area contributed by atoms with Gasteiger partial charge in [0.1, 0.15) is 5.01 Å². The molecular weight excluding hydrogens is 328 g/mol. The van der Waals surface area contributed by atoms with E-state index in [0.29, 0.717) is 29.8 Å². The molecule has 0 fully saturated rings. The zero-order valence-electron chi connectivity index (χ0n) is 13.3. The molecule has 124 valence electrons. The molecule has 24 heavy (non-hydrogen) atoms. The monoisotopic (exact) mass is 344 g/mol. The summed E-state index contributed by atoms with van der Waals surface area (Å²) in [5.41, 5.74) is 0. The van der Waals surface area contributed by atoms with Gasteiger partial charge in [-0.15, -0.1) is 10.2 Å². The van der Waals surface area contributed by atoms with E-state index in [1.165, 1.54) is 11.3 Å². The first-order chi connectivity index (χ1) is 11.7. The Morgan fingerprint density at radius 1 is 1.25 bits per heavy atom. The first kappa shape index (κ1) is 15.0. The van der Waals surface area contributed by atoms with Crippen molar-refractivity contribution in [2.24, 2.45) is 5.92 Å². The molecule has 0 radical (unpaired) electrons. The van der Waals surface area contributed by atoms with Crippen LogP contribution in [0.1, 0.15) is 30.6 Å². The molecule has 0 aliphatic heterocycles. The molecule has 0 saturated carbocycles. The average molecular weight is 344 g/mol. The second-order valence-electron chi connectivity index (χ2n) is 5.89. The Balaban J connectivity index is 1.46. The van der Waals surface area contributed by atoms with Gasteiger partial charge < -0.3 is 8.94 Å². The fraction of sp³-hybridized carbons (Fsp3) is 0.400. The van der Waals surface area contributed by atoms with Crippen LogP contribution in [0.4, 0.5) is 0 Å². The number of hydrogen-bond donors (Lipinski definition) is 0. The predicted molar refractivity (Wildman–Crippen MR) is 86.6 cm³/mol. The summed E-state index contributed by atoms with van der Waals surface area (Å²) in [6, 6.07) is 3.59. The maximum atomic E-state index is 5.26. The summed E-state index contributed by atoms with van der Waals surface area (Å²) in [5, 5.41) is 17.9. The van der Waals surface area contributed by atoms with Crippen LogP contribution < -0.4 is 0 Å². The molecule has 4 rings (SSSR count). The van der Waals surface area contributed by atoms with E-state index in [-0.39, 0.29) is 0 Å². The predicted octanol–water partition coefficient (Wildman–Crippen LogP) is 2.81. The highest BCUT2D eigenvalue weighted by Gasteiger charge is 2.15. The smallest absolute Gasteiger partial charge is 0.238 e. The van der Waals surface area contributed by atoms with Crippen molar-refractivity contribution in [1.29, 1.82) is 0 Å². The summed E-state index contributed by atoms with van der Waals surface area (Å²) in [7, 11) is 0. The minimum Gasteiger partial charge on any atom is -0.461 e. The maximum absolute atomic E-state index is 5.26. The number of aryl methyl sites for hydroxylation is 2. The highest BCUT2D eigenvalue weighted by atomic mass is 32.1. The lowest BCUT2D eigenvalue weighted by Crippen LogP contribution is -2.02. The van der Waals surface area contributed by atoms with Crippen LogP contribution >= 0.6 is 11.3 Å². The fourth-order valence-corrected chi connectivity index (χ4v) is 3.22. The molecule has 0 aromatic carbocycles. The van der Waals surface area contributed by atoms with Crippen molar-refractivity contribution in [2.45, 2.75) is 33.1 Å². The molecule has 0 bridgehead atoms. The van der Waals surface area contributed by atoms with Gasteiger partial charge >= 0.3 is 0 Å². The molecule has 8 nitrogen and oxygen atoms in total. The highest BCUT2D eigenvalue weighted by molar-refractivity contribution is 7.16. The SMILES string of the molecule is CC(C)Cc1nnc2sc(CCc3nc(-c4ccco4)no3)nn12. The summed E-state index contributed by atoms with van der Waals surface area (Å²) in [4.78, 5) is 5.16. The molecule has 4 heterocycles. The third-order valence-corrected chi connectivity index (χ3v) is 4.41. The Labute approximate surface area is 141 Å². The Kier molecular flexibility index (Phi) is 3.85. The van der Waals surface area contributed by atoms with Gasteiger partial charge in [0.05, 0.1) is 6.26 Å². The van der Waals surface area contributed by atoms with Gasteiger partial charge in [-0.3, -0.25) is 0 Å². The Morgan fingerprint density at radius 3 is 2.96 bits per heavy atom. The quantitative estimate of drug-likeness (QED) is 0.530. The van der Waals surface area contributed by atoms with Crippen molar-refractivity contribution in [3.05, 3.63) is 35.1 Å². The van der Waals surface area contributed by atoms with E-state index in [2.05, 4.69) is 39.3 Å². The van der Waals surface area contributed by atoms with E-state index in [1.807, 2.05) is 4.52 Å². The van der Waals surface area contributed by atoms with Crippen LogP contribution in [-0.4, -0.2) is 30.0 Å². The van der Waals surface area contributed by atoms with Crippen LogP contribution in [-0.2, 0) is 19.3 Å². The molecular formula is C15H16N6O2S. The first-order valence-electron chi connectivity index (χ1n) is 7.75. The zero-order chi connectivity index (χ0) is 16.5. The van der Waals surface area contributed by atoms with Crippen molar-refractivity contribution in [3.8, 4) is 11.6 Å². The average Bonchev–Trinajstić information content (AvgIpc) is 3.31. The third-order valence-electron chi connectivity index (χ3n) is 3.45. The molecule has 0 amide bonds. The van der Waals surface area contributed by atoms with Crippen LogP contribution in [0, 0.1) is 5.92 Å². The number of aromatic nitrogens is 6. The van der Waals surface area contributed by atoms with Crippen LogP contribution in [0.3, 0.4) is 0 Å². The lowest BCUT2D eigenvalue weighted by atomic mass is 10.1. The van der Waals surface area contributed by atoms with Crippen molar-refractivity contribution in [1.82, 2.24) is 30.0 Å². The molecule has 0 atom stereocenters. The highest BCUT2D eigenvalue weighted by Crippen LogP contribution is 2.19. The number of fused-ring (bicyclic) bond motifs is 1. The van der Waals surface area contributed by atoms with Crippen molar-refractivity contribution in [2.75, 3.05) is 0 Å². The van der Waals surface area contributed by atoms with Gasteiger partial charge in [-0.25, -0.2) is 0 Å². The summed E-state index contributed by atoms with van der Waals surface area (Å²) in [6.07, 6.45) is 3.78. The third kappa shape index (κ3) is 2.94. The molecule has 0 unspecified atom stereocenters. The normalized spacial score (nSPS) is 11.8. The Hall–Kier alpha value is -2.55. The zero-order valence-corrected chi connectivity index (χ0v) is 14.2. The minimum absolute atomic E-state index is 0.465. The standard InChI is InChI=1S/C15H16N6O2S/c1-9(2)8-11-17-18-15-21(11)19-13(24-15)6-5-12-16-14(20-23-12)10-4-3-7-22-10/h3-4,7,9H,5-6,8H2,1-2H3. The van der Waals surface area contributed by atoms with Crippen LogP contribution in [0.5, 0.6) is 0 Å². The number of hydrogen-bond acceptors (Lipinski definition) is 8. The lowest BCUT2D eigenvalue weighted by molar-refractivity contribution is 0.377.